The van der Waals surface area contributed by atoms with Gasteiger partial charge in [0.15, 0.2) is 0 Å². The van der Waals surface area contributed by atoms with Gasteiger partial charge >= 0.3 is 0 Å². The molecule has 1 fully saturated rings. The zero-order valence-electron chi connectivity index (χ0n) is 11.9. The van der Waals surface area contributed by atoms with Crippen LogP contribution in [-0.4, -0.2) is 31.2 Å². The van der Waals surface area contributed by atoms with Gasteiger partial charge in [-0.05, 0) is 12.1 Å². The summed E-state index contributed by atoms with van der Waals surface area (Å²) in [6, 6.07) is 15.1. The largest absolute Gasteiger partial charge is 0.322 e. The second-order valence-corrected chi connectivity index (χ2v) is 5.69. The first-order valence-corrected chi connectivity index (χ1v) is 7.50. The molecule has 1 saturated heterocycles. The molecule has 0 radical (unpaired) electrons. The molecule has 3 nitrogen and oxygen atoms in total. The van der Waals surface area contributed by atoms with Crippen LogP contribution in [0.1, 0.15) is 11.1 Å². The molecule has 0 aliphatic carbocycles. The van der Waals surface area contributed by atoms with Gasteiger partial charge in [0.25, 0.3) is 0 Å². The van der Waals surface area contributed by atoms with Gasteiger partial charge in [-0.3, -0.25) is 4.98 Å². The van der Waals surface area contributed by atoms with Crippen molar-refractivity contribution in [3.8, 4) is 0 Å². The highest BCUT2D eigenvalue weighted by molar-refractivity contribution is 5.13. The third kappa shape index (κ3) is 3.65. The lowest BCUT2D eigenvalue weighted by Gasteiger charge is -2.29. The van der Waals surface area contributed by atoms with Crippen molar-refractivity contribution in [2.75, 3.05) is 26.2 Å². The van der Waals surface area contributed by atoms with E-state index in [2.05, 4.69) is 47.4 Å². The summed E-state index contributed by atoms with van der Waals surface area (Å²) in [5.41, 5.74) is 2.86. The maximum absolute atomic E-state index is 4.08. The molecule has 1 aromatic carbocycles. The predicted octanol–water partition coefficient (Wildman–Crippen LogP) is -0.435. The first kappa shape index (κ1) is 13.3. The fraction of sp³-hybridized carbons (Fsp3) is 0.353. The summed E-state index contributed by atoms with van der Waals surface area (Å²) in [4.78, 5) is 7.50. The molecule has 2 N–H and O–H groups in total. The second-order valence-electron chi connectivity index (χ2n) is 5.69. The van der Waals surface area contributed by atoms with Crippen molar-refractivity contribution in [1.82, 2.24) is 4.98 Å². The van der Waals surface area contributed by atoms with Crippen molar-refractivity contribution in [1.29, 1.82) is 0 Å². The molecule has 0 bridgehead atoms. The molecule has 0 atom stereocenters. The van der Waals surface area contributed by atoms with Gasteiger partial charge in [0.05, 0.1) is 0 Å². The van der Waals surface area contributed by atoms with E-state index in [0.717, 1.165) is 6.54 Å². The van der Waals surface area contributed by atoms with Crippen LogP contribution in [0, 0.1) is 0 Å². The highest BCUT2D eigenvalue weighted by Crippen LogP contribution is 1.95. The second kappa shape index (κ2) is 6.64. The van der Waals surface area contributed by atoms with Crippen LogP contribution in [0.2, 0.25) is 0 Å². The van der Waals surface area contributed by atoms with Gasteiger partial charge in [-0.2, -0.15) is 0 Å². The Kier molecular flexibility index (Phi) is 4.41. The Morgan fingerprint density at radius 2 is 1.20 bits per heavy atom. The molecule has 3 heteroatoms. The molecule has 0 unspecified atom stereocenters. The summed E-state index contributed by atoms with van der Waals surface area (Å²) in [7, 11) is 0. The molecule has 2 aromatic rings. The highest BCUT2D eigenvalue weighted by atomic mass is 15.3. The Labute approximate surface area is 120 Å². The van der Waals surface area contributed by atoms with Gasteiger partial charge < -0.3 is 9.80 Å². The first-order valence-electron chi connectivity index (χ1n) is 7.50. The van der Waals surface area contributed by atoms with Crippen LogP contribution < -0.4 is 9.80 Å². The van der Waals surface area contributed by atoms with Gasteiger partial charge in [0.1, 0.15) is 39.3 Å². The quantitative estimate of drug-likeness (QED) is 0.772. The number of nitrogens with one attached hydrogen (secondary N) is 2. The number of benzene rings is 1. The van der Waals surface area contributed by atoms with E-state index < -0.39 is 0 Å². The number of quaternary nitrogens is 2. The summed E-state index contributed by atoms with van der Waals surface area (Å²) >= 11 is 0. The highest BCUT2D eigenvalue weighted by Gasteiger charge is 2.22. The van der Waals surface area contributed by atoms with Crippen LogP contribution in [-0.2, 0) is 13.1 Å². The van der Waals surface area contributed by atoms with E-state index in [1.807, 2.05) is 12.4 Å². The van der Waals surface area contributed by atoms with Gasteiger partial charge in [-0.1, -0.05) is 30.3 Å². The Balaban J connectivity index is 1.47. The Morgan fingerprint density at radius 1 is 0.700 bits per heavy atom. The van der Waals surface area contributed by atoms with E-state index >= 15 is 0 Å². The average molecular weight is 269 g/mol. The van der Waals surface area contributed by atoms with Crippen molar-refractivity contribution >= 4 is 0 Å². The molecule has 3 rings (SSSR count). The topological polar surface area (TPSA) is 21.8 Å². The minimum atomic E-state index is 1.14. The minimum absolute atomic E-state index is 1.14. The van der Waals surface area contributed by atoms with Crippen molar-refractivity contribution in [2.24, 2.45) is 0 Å². The molecule has 0 saturated carbocycles. The van der Waals surface area contributed by atoms with Crippen molar-refractivity contribution < 1.29 is 9.80 Å². The number of piperazine rings is 1. The number of hydrogen-bond donors (Lipinski definition) is 2. The van der Waals surface area contributed by atoms with E-state index in [9.17, 15) is 0 Å². The van der Waals surface area contributed by atoms with Crippen molar-refractivity contribution in [3.63, 3.8) is 0 Å². The van der Waals surface area contributed by atoms with Crippen molar-refractivity contribution in [3.05, 3.63) is 66.0 Å². The van der Waals surface area contributed by atoms with Gasteiger partial charge in [0.2, 0.25) is 0 Å². The van der Waals surface area contributed by atoms with Crippen LogP contribution in [0.4, 0.5) is 0 Å². The molecule has 0 amide bonds. The van der Waals surface area contributed by atoms with Crippen LogP contribution in [0.3, 0.4) is 0 Å². The average Bonchev–Trinajstić information content (AvgIpc) is 2.51. The third-order valence-corrected chi connectivity index (χ3v) is 4.16. The van der Waals surface area contributed by atoms with Crippen LogP contribution in [0.25, 0.3) is 0 Å². The smallest absolute Gasteiger partial charge is 0.127 e. The van der Waals surface area contributed by atoms with Crippen LogP contribution in [0.15, 0.2) is 54.9 Å². The van der Waals surface area contributed by atoms with Crippen LogP contribution in [0.5, 0.6) is 0 Å². The Bertz CT molecular complexity index is 455. The summed E-state index contributed by atoms with van der Waals surface area (Å²) in [6.45, 7) is 7.39. The van der Waals surface area contributed by atoms with Gasteiger partial charge in [-0.25, -0.2) is 0 Å². The fourth-order valence-electron chi connectivity index (χ4n) is 2.98. The Morgan fingerprint density at radius 3 is 1.75 bits per heavy atom. The lowest BCUT2D eigenvalue weighted by molar-refractivity contribution is -1.02. The molecule has 1 aliphatic rings. The summed E-state index contributed by atoms with van der Waals surface area (Å²) in [5, 5.41) is 0. The molecule has 2 heterocycles. The zero-order chi connectivity index (χ0) is 13.6. The Hall–Kier alpha value is -1.71. The maximum Gasteiger partial charge on any atom is 0.127 e. The number of rotatable bonds is 4. The SMILES string of the molecule is c1ccc(C[NH+]2CC[NH+](Cc3ccncc3)CC2)cc1. The van der Waals surface area contributed by atoms with E-state index in [1.165, 1.54) is 43.9 Å². The third-order valence-electron chi connectivity index (χ3n) is 4.16. The van der Waals surface area contributed by atoms with E-state index in [4.69, 9.17) is 0 Å². The van der Waals surface area contributed by atoms with Gasteiger partial charge in [-0.15, -0.1) is 0 Å². The number of hydrogen-bond acceptors (Lipinski definition) is 1. The van der Waals surface area contributed by atoms with Crippen LogP contribution >= 0.6 is 0 Å². The first-order chi connectivity index (χ1) is 9.90. The molecule has 1 aliphatic heterocycles. The fourth-order valence-corrected chi connectivity index (χ4v) is 2.98. The molecule has 0 spiro atoms. The van der Waals surface area contributed by atoms with E-state index in [0.29, 0.717) is 0 Å². The number of nitrogens with zero attached hydrogens (tertiary/aromatic N) is 1. The maximum atomic E-state index is 4.08. The molecule has 20 heavy (non-hydrogen) atoms. The normalized spacial score (nSPS) is 22.6. The molecule has 1 aromatic heterocycles. The van der Waals surface area contributed by atoms with Gasteiger partial charge in [0, 0.05) is 23.5 Å². The monoisotopic (exact) mass is 269 g/mol. The minimum Gasteiger partial charge on any atom is -0.322 e. The lowest BCUT2D eigenvalue weighted by atomic mass is 10.2. The molecule has 104 valence electrons. The summed E-state index contributed by atoms with van der Waals surface area (Å²) in [6.07, 6.45) is 3.79. The van der Waals surface area contributed by atoms with Crippen molar-refractivity contribution in [2.45, 2.75) is 13.1 Å². The lowest BCUT2D eigenvalue weighted by Crippen LogP contribution is -3.27. The van der Waals surface area contributed by atoms with E-state index in [-0.39, 0.29) is 0 Å². The predicted molar refractivity (Wildman–Crippen MR) is 79.5 cm³/mol. The zero-order valence-corrected chi connectivity index (χ0v) is 11.9. The number of pyridine rings is 1. The summed E-state index contributed by atoms with van der Waals surface area (Å²) in [5.74, 6) is 0. The van der Waals surface area contributed by atoms with E-state index in [1.54, 1.807) is 9.80 Å². The standard InChI is InChI=1S/C17H21N3/c1-2-4-16(5-3-1)14-19-10-12-20(13-11-19)15-17-6-8-18-9-7-17/h1-9H,10-15H2/p+2. The number of aromatic nitrogens is 1. The summed E-state index contributed by atoms with van der Waals surface area (Å²) < 4.78 is 0. The molecular weight excluding hydrogens is 246 g/mol. The molecular formula is C17H23N3+2.